The number of hydrogen-bond donors (Lipinski definition) is 0. The van der Waals surface area contributed by atoms with Crippen LogP contribution in [0.4, 0.5) is 0 Å². The summed E-state index contributed by atoms with van der Waals surface area (Å²) in [5, 5.41) is 9.71. The van der Waals surface area contributed by atoms with E-state index in [1.165, 1.54) is 71.3 Å². The number of rotatable bonds is 4. The fourth-order valence-corrected chi connectivity index (χ4v) is 7.89. The smallest absolute Gasteiger partial charge is 0.136 e. The number of furan rings is 1. The van der Waals surface area contributed by atoms with E-state index in [2.05, 4.69) is 170 Å². The summed E-state index contributed by atoms with van der Waals surface area (Å²) in [7, 11) is 0. The van der Waals surface area contributed by atoms with Gasteiger partial charge in [0.2, 0.25) is 0 Å². The predicted octanol–water partition coefficient (Wildman–Crippen LogP) is 13.7. The van der Waals surface area contributed by atoms with Crippen molar-refractivity contribution in [3.05, 3.63) is 182 Å². The van der Waals surface area contributed by atoms with Gasteiger partial charge in [-0.3, -0.25) is 0 Å². The van der Waals surface area contributed by atoms with Crippen LogP contribution in [-0.4, -0.2) is 0 Å². The van der Waals surface area contributed by atoms with E-state index in [-0.39, 0.29) is 0 Å². The van der Waals surface area contributed by atoms with Crippen molar-refractivity contribution in [3.63, 3.8) is 0 Å². The second kappa shape index (κ2) is 11.1. The molecular weight excluding hydrogens is 593 g/mol. The molecule has 1 heteroatoms. The third kappa shape index (κ3) is 4.40. The summed E-state index contributed by atoms with van der Waals surface area (Å²) < 4.78 is 6.38. The molecule has 10 aromatic rings. The van der Waals surface area contributed by atoms with Crippen molar-refractivity contribution >= 4 is 54.3 Å². The molecule has 0 saturated carbocycles. The van der Waals surface area contributed by atoms with Gasteiger partial charge in [-0.05, 0) is 107 Å². The van der Waals surface area contributed by atoms with Gasteiger partial charge in [-0.25, -0.2) is 0 Å². The molecule has 0 unspecified atom stereocenters. The molecule has 49 heavy (non-hydrogen) atoms. The summed E-state index contributed by atoms with van der Waals surface area (Å²) in [4.78, 5) is 0. The van der Waals surface area contributed by atoms with Gasteiger partial charge >= 0.3 is 0 Å². The average molecular weight is 623 g/mol. The molecule has 228 valence electrons. The summed E-state index contributed by atoms with van der Waals surface area (Å²) in [6, 6.07) is 65.8. The Balaban J connectivity index is 1.30. The molecule has 0 spiro atoms. The minimum atomic E-state index is 0.909. The molecule has 0 bridgehead atoms. The second-order valence-electron chi connectivity index (χ2n) is 12.8. The number of benzene rings is 9. The summed E-state index contributed by atoms with van der Waals surface area (Å²) in [6.45, 7) is 0. The summed E-state index contributed by atoms with van der Waals surface area (Å²) in [6.07, 6.45) is 0. The third-order valence-electron chi connectivity index (χ3n) is 10.1. The van der Waals surface area contributed by atoms with Gasteiger partial charge in [0.1, 0.15) is 11.2 Å². The maximum atomic E-state index is 6.38. The zero-order valence-corrected chi connectivity index (χ0v) is 26.7. The van der Waals surface area contributed by atoms with Gasteiger partial charge in [-0.2, -0.15) is 0 Å². The Hall–Kier alpha value is -6.44. The van der Waals surface area contributed by atoms with Gasteiger partial charge in [-0.1, -0.05) is 152 Å². The Kier molecular flexibility index (Phi) is 6.25. The van der Waals surface area contributed by atoms with E-state index in [1.807, 2.05) is 12.1 Å². The van der Waals surface area contributed by atoms with E-state index >= 15 is 0 Å². The van der Waals surface area contributed by atoms with Crippen molar-refractivity contribution in [2.75, 3.05) is 0 Å². The largest absolute Gasteiger partial charge is 0.456 e. The summed E-state index contributed by atoms with van der Waals surface area (Å²) in [5.41, 5.74) is 11.6. The molecular formula is C48H30O. The van der Waals surface area contributed by atoms with Crippen molar-refractivity contribution in [2.24, 2.45) is 0 Å². The van der Waals surface area contributed by atoms with Gasteiger partial charge in [0.25, 0.3) is 0 Å². The fourth-order valence-electron chi connectivity index (χ4n) is 7.89. The van der Waals surface area contributed by atoms with Crippen molar-refractivity contribution < 1.29 is 4.42 Å². The molecule has 0 atom stereocenters. The molecule has 10 rings (SSSR count). The Bertz CT molecular complexity index is 2800. The summed E-state index contributed by atoms with van der Waals surface area (Å²) >= 11 is 0. The van der Waals surface area contributed by atoms with Gasteiger partial charge in [0.05, 0.1) is 0 Å². The minimum absolute atomic E-state index is 0.909. The van der Waals surface area contributed by atoms with Crippen molar-refractivity contribution in [1.82, 2.24) is 0 Å². The third-order valence-corrected chi connectivity index (χ3v) is 10.1. The first-order valence-corrected chi connectivity index (χ1v) is 16.8. The van der Waals surface area contributed by atoms with E-state index in [4.69, 9.17) is 4.42 Å². The molecule has 1 heterocycles. The Morgan fingerprint density at radius 1 is 0.245 bits per heavy atom. The fraction of sp³-hybridized carbons (Fsp3) is 0. The molecule has 0 aliphatic heterocycles. The molecule has 0 aliphatic carbocycles. The molecule has 1 aromatic heterocycles. The van der Waals surface area contributed by atoms with Crippen LogP contribution in [0, 0.1) is 0 Å². The van der Waals surface area contributed by atoms with Crippen LogP contribution >= 0.6 is 0 Å². The minimum Gasteiger partial charge on any atom is -0.456 e. The van der Waals surface area contributed by atoms with E-state index in [0.29, 0.717) is 0 Å². The van der Waals surface area contributed by atoms with Gasteiger partial charge in [-0.15, -0.1) is 0 Å². The predicted molar refractivity (Wildman–Crippen MR) is 208 cm³/mol. The summed E-state index contributed by atoms with van der Waals surface area (Å²) in [5.74, 6) is 0. The Labute approximate surface area is 284 Å². The molecule has 0 aliphatic rings. The molecule has 0 fully saturated rings. The lowest BCUT2D eigenvalue weighted by Crippen LogP contribution is -1.93. The maximum absolute atomic E-state index is 6.38. The van der Waals surface area contributed by atoms with E-state index in [0.717, 1.165) is 27.5 Å². The average Bonchev–Trinajstić information content (AvgIpc) is 3.55. The van der Waals surface area contributed by atoms with E-state index in [1.54, 1.807) is 0 Å². The number of fused-ring (bicyclic) bond motifs is 6. The zero-order chi connectivity index (χ0) is 32.3. The SMILES string of the molecule is c1ccc(-c2cc(-c3c4ccccc4c(-c4ccc5c(c4)oc4ccccc45)c4ccccc34)cc3c(-c4ccccc4)cccc23)cc1. The first-order chi connectivity index (χ1) is 24.3. The van der Waals surface area contributed by atoms with Gasteiger partial charge < -0.3 is 4.42 Å². The van der Waals surface area contributed by atoms with Crippen LogP contribution in [0.25, 0.3) is 98.8 Å². The first-order valence-electron chi connectivity index (χ1n) is 16.8. The highest BCUT2D eigenvalue weighted by atomic mass is 16.3. The lowest BCUT2D eigenvalue weighted by Gasteiger charge is -2.20. The van der Waals surface area contributed by atoms with Crippen LogP contribution in [0.15, 0.2) is 186 Å². The van der Waals surface area contributed by atoms with Crippen LogP contribution in [0.2, 0.25) is 0 Å². The Morgan fingerprint density at radius 3 is 1.41 bits per heavy atom. The second-order valence-corrected chi connectivity index (χ2v) is 12.8. The van der Waals surface area contributed by atoms with Crippen LogP contribution < -0.4 is 0 Å². The molecule has 0 amide bonds. The molecule has 0 radical (unpaired) electrons. The van der Waals surface area contributed by atoms with Crippen molar-refractivity contribution in [3.8, 4) is 44.5 Å². The maximum Gasteiger partial charge on any atom is 0.136 e. The van der Waals surface area contributed by atoms with Crippen LogP contribution in [0.3, 0.4) is 0 Å². The van der Waals surface area contributed by atoms with Crippen LogP contribution in [0.1, 0.15) is 0 Å². The lowest BCUT2D eigenvalue weighted by atomic mass is 9.83. The highest BCUT2D eigenvalue weighted by Crippen LogP contribution is 2.47. The topological polar surface area (TPSA) is 13.1 Å². The van der Waals surface area contributed by atoms with Crippen molar-refractivity contribution in [2.45, 2.75) is 0 Å². The normalized spacial score (nSPS) is 11.7. The van der Waals surface area contributed by atoms with Gasteiger partial charge in [0, 0.05) is 10.8 Å². The van der Waals surface area contributed by atoms with Crippen molar-refractivity contribution in [1.29, 1.82) is 0 Å². The standard InChI is InChI=1S/C48H30O/c1-3-14-31(15-4-1)35-23-13-24-36-43(32-16-5-2-6-17-32)28-34(29-44(35)36)48-41-21-9-7-19-39(41)47(40-20-8-10-22-42(40)48)33-26-27-38-37-18-11-12-25-45(37)49-46(38)30-33/h1-30H. The number of para-hydroxylation sites is 1. The molecule has 0 saturated heterocycles. The molecule has 1 nitrogen and oxygen atoms in total. The zero-order valence-electron chi connectivity index (χ0n) is 26.7. The highest BCUT2D eigenvalue weighted by molar-refractivity contribution is 6.23. The lowest BCUT2D eigenvalue weighted by molar-refractivity contribution is 0.669. The molecule has 0 N–H and O–H groups in total. The van der Waals surface area contributed by atoms with Crippen LogP contribution in [-0.2, 0) is 0 Å². The molecule has 9 aromatic carbocycles. The number of hydrogen-bond acceptors (Lipinski definition) is 1. The first kappa shape index (κ1) is 27.7. The monoisotopic (exact) mass is 622 g/mol. The van der Waals surface area contributed by atoms with Gasteiger partial charge in [0.15, 0.2) is 0 Å². The highest BCUT2D eigenvalue weighted by Gasteiger charge is 2.20. The van der Waals surface area contributed by atoms with E-state index < -0.39 is 0 Å². The quantitative estimate of drug-likeness (QED) is 0.178. The van der Waals surface area contributed by atoms with Crippen LogP contribution in [0.5, 0.6) is 0 Å². The van der Waals surface area contributed by atoms with E-state index in [9.17, 15) is 0 Å². The Morgan fingerprint density at radius 2 is 0.755 bits per heavy atom.